The third-order valence-electron chi connectivity index (χ3n) is 4.59. The summed E-state index contributed by atoms with van der Waals surface area (Å²) < 4.78 is 10.7. The van der Waals surface area contributed by atoms with Crippen LogP contribution in [0.2, 0.25) is 0 Å². The molecule has 1 aliphatic carbocycles. The van der Waals surface area contributed by atoms with Crippen LogP contribution >= 0.6 is 0 Å². The summed E-state index contributed by atoms with van der Waals surface area (Å²) in [7, 11) is 0. The van der Waals surface area contributed by atoms with Gasteiger partial charge >= 0.3 is 11.9 Å². The average molecular weight is 403 g/mol. The second-order valence-corrected chi connectivity index (χ2v) is 8.52. The molecule has 29 heavy (non-hydrogen) atoms. The molecule has 0 aromatic heterocycles. The SMILES string of the molecule is CC(C)=CCC/C(C)=C\CCC1=CCC(C(=O)OC(C)C)=C(C(=O)OC(C)C)C1. The second kappa shape index (κ2) is 12.5. The molecule has 0 N–H and O–H groups in total. The van der Waals surface area contributed by atoms with E-state index < -0.39 is 11.9 Å². The van der Waals surface area contributed by atoms with Crippen LogP contribution in [-0.4, -0.2) is 24.1 Å². The van der Waals surface area contributed by atoms with E-state index in [-0.39, 0.29) is 12.2 Å². The lowest BCUT2D eigenvalue weighted by Gasteiger charge is -2.21. The Labute approximate surface area is 176 Å². The molecule has 0 amide bonds. The van der Waals surface area contributed by atoms with Crippen molar-refractivity contribution in [2.75, 3.05) is 0 Å². The van der Waals surface area contributed by atoms with Crippen molar-refractivity contribution in [3.63, 3.8) is 0 Å². The number of rotatable bonds is 10. The van der Waals surface area contributed by atoms with Crippen LogP contribution in [-0.2, 0) is 19.1 Å². The van der Waals surface area contributed by atoms with E-state index in [2.05, 4.69) is 39.0 Å². The quantitative estimate of drug-likeness (QED) is 0.314. The molecular weight excluding hydrogens is 364 g/mol. The van der Waals surface area contributed by atoms with Gasteiger partial charge in [0, 0.05) is 6.42 Å². The fourth-order valence-electron chi connectivity index (χ4n) is 3.13. The molecule has 4 heteroatoms. The largest absolute Gasteiger partial charge is 0.460 e. The maximum Gasteiger partial charge on any atom is 0.335 e. The number of hydrogen-bond acceptors (Lipinski definition) is 4. The van der Waals surface area contributed by atoms with Gasteiger partial charge in [-0.1, -0.05) is 34.9 Å². The first-order valence-electron chi connectivity index (χ1n) is 10.7. The molecule has 4 nitrogen and oxygen atoms in total. The molecule has 0 saturated heterocycles. The van der Waals surface area contributed by atoms with Crippen LogP contribution in [0, 0.1) is 0 Å². The van der Waals surface area contributed by atoms with Gasteiger partial charge in [-0.05, 0) is 80.6 Å². The van der Waals surface area contributed by atoms with Gasteiger partial charge < -0.3 is 9.47 Å². The highest BCUT2D eigenvalue weighted by Crippen LogP contribution is 2.30. The number of carbonyl (C=O) groups excluding carboxylic acids is 2. The summed E-state index contributed by atoms with van der Waals surface area (Å²) in [6.07, 6.45) is 11.0. The Bertz CT molecular complexity index is 698. The lowest BCUT2D eigenvalue weighted by atomic mass is 9.89. The van der Waals surface area contributed by atoms with E-state index in [1.54, 1.807) is 13.8 Å². The number of ether oxygens (including phenoxy) is 2. The zero-order valence-electron chi connectivity index (χ0n) is 19.3. The van der Waals surface area contributed by atoms with Gasteiger partial charge in [-0.15, -0.1) is 0 Å². The zero-order valence-corrected chi connectivity index (χ0v) is 19.3. The Morgan fingerprint density at radius 1 is 0.931 bits per heavy atom. The lowest BCUT2D eigenvalue weighted by Crippen LogP contribution is -2.22. The van der Waals surface area contributed by atoms with E-state index in [1.165, 1.54) is 16.7 Å². The van der Waals surface area contributed by atoms with Crippen molar-refractivity contribution in [1.29, 1.82) is 0 Å². The van der Waals surface area contributed by atoms with E-state index in [1.807, 2.05) is 13.8 Å². The van der Waals surface area contributed by atoms with Crippen LogP contribution in [0.3, 0.4) is 0 Å². The molecule has 0 unspecified atom stereocenters. The summed E-state index contributed by atoms with van der Waals surface area (Å²) in [6, 6.07) is 0. The Morgan fingerprint density at radius 2 is 1.52 bits per heavy atom. The average Bonchev–Trinajstić information content (AvgIpc) is 2.60. The Morgan fingerprint density at radius 3 is 2.07 bits per heavy atom. The van der Waals surface area contributed by atoms with E-state index in [0.29, 0.717) is 24.0 Å². The highest BCUT2D eigenvalue weighted by Gasteiger charge is 2.27. The van der Waals surface area contributed by atoms with Gasteiger partial charge in [0.2, 0.25) is 0 Å². The van der Waals surface area contributed by atoms with Crippen LogP contribution in [0.1, 0.15) is 87.0 Å². The lowest BCUT2D eigenvalue weighted by molar-refractivity contribution is -0.146. The molecule has 162 valence electrons. The van der Waals surface area contributed by atoms with Crippen LogP contribution in [0.25, 0.3) is 0 Å². The van der Waals surface area contributed by atoms with E-state index in [0.717, 1.165) is 25.7 Å². The minimum Gasteiger partial charge on any atom is -0.460 e. The highest BCUT2D eigenvalue weighted by atomic mass is 16.5. The van der Waals surface area contributed by atoms with Crippen molar-refractivity contribution >= 4 is 11.9 Å². The molecule has 0 spiro atoms. The van der Waals surface area contributed by atoms with Crippen molar-refractivity contribution < 1.29 is 19.1 Å². The molecular formula is C25H38O4. The van der Waals surface area contributed by atoms with Crippen LogP contribution in [0.5, 0.6) is 0 Å². The fraction of sp³-hybridized carbons (Fsp3) is 0.600. The fourth-order valence-corrected chi connectivity index (χ4v) is 3.13. The first-order valence-corrected chi connectivity index (χ1v) is 10.7. The number of hydrogen-bond donors (Lipinski definition) is 0. The van der Waals surface area contributed by atoms with Gasteiger partial charge in [-0.2, -0.15) is 0 Å². The predicted octanol–water partition coefficient (Wildman–Crippen LogP) is 6.38. The number of carbonyl (C=O) groups is 2. The van der Waals surface area contributed by atoms with Gasteiger partial charge in [0.25, 0.3) is 0 Å². The molecule has 0 radical (unpaired) electrons. The number of esters is 2. The minimum absolute atomic E-state index is 0.220. The van der Waals surface area contributed by atoms with Gasteiger partial charge in [-0.3, -0.25) is 0 Å². The van der Waals surface area contributed by atoms with Gasteiger partial charge in [0.15, 0.2) is 0 Å². The van der Waals surface area contributed by atoms with Crippen molar-refractivity contribution in [3.8, 4) is 0 Å². The first-order chi connectivity index (χ1) is 13.6. The molecule has 0 aromatic carbocycles. The monoisotopic (exact) mass is 402 g/mol. The highest BCUT2D eigenvalue weighted by molar-refractivity contribution is 6.01. The van der Waals surface area contributed by atoms with E-state index in [9.17, 15) is 9.59 Å². The summed E-state index contributed by atoms with van der Waals surface area (Å²) >= 11 is 0. The van der Waals surface area contributed by atoms with Crippen LogP contribution in [0.15, 0.2) is 46.1 Å². The smallest absolute Gasteiger partial charge is 0.335 e. The molecule has 0 aliphatic heterocycles. The number of allylic oxidation sites excluding steroid dienone is 6. The van der Waals surface area contributed by atoms with Gasteiger partial charge in [-0.25, -0.2) is 9.59 Å². The van der Waals surface area contributed by atoms with E-state index in [4.69, 9.17) is 9.47 Å². The predicted molar refractivity (Wildman–Crippen MR) is 118 cm³/mol. The Kier molecular flexibility index (Phi) is 10.7. The molecule has 0 bridgehead atoms. The molecule has 1 aliphatic rings. The van der Waals surface area contributed by atoms with Gasteiger partial charge in [0.05, 0.1) is 23.4 Å². The molecule has 0 saturated carbocycles. The molecule has 0 aromatic rings. The summed E-state index contributed by atoms with van der Waals surface area (Å²) in [5, 5.41) is 0. The van der Waals surface area contributed by atoms with Crippen LogP contribution in [0.4, 0.5) is 0 Å². The van der Waals surface area contributed by atoms with Crippen molar-refractivity contribution in [3.05, 3.63) is 46.1 Å². The zero-order chi connectivity index (χ0) is 22.0. The standard InChI is InChI=1S/C25H38O4/c1-17(2)10-8-11-20(7)12-9-13-21-14-15-22(24(26)28-18(3)4)23(16-21)25(27)29-19(5)6/h10,12,14,18-19H,8-9,11,13,15-16H2,1-7H3/b20-12-. The third kappa shape index (κ3) is 9.78. The normalized spacial score (nSPS) is 14.8. The topological polar surface area (TPSA) is 52.6 Å². The Balaban J connectivity index is 2.77. The maximum atomic E-state index is 12.6. The van der Waals surface area contributed by atoms with Gasteiger partial charge in [0.1, 0.15) is 0 Å². The second-order valence-electron chi connectivity index (χ2n) is 8.52. The molecule has 0 heterocycles. The summed E-state index contributed by atoms with van der Waals surface area (Å²) in [4.78, 5) is 25.0. The summed E-state index contributed by atoms with van der Waals surface area (Å²) in [5.41, 5.74) is 4.79. The van der Waals surface area contributed by atoms with Crippen LogP contribution < -0.4 is 0 Å². The van der Waals surface area contributed by atoms with E-state index >= 15 is 0 Å². The van der Waals surface area contributed by atoms with Crippen molar-refractivity contribution in [2.45, 2.75) is 99.2 Å². The third-order valence-corrected chi connectivity index (χ3v) is 4.59. The minimum atomic E-state index is -0.416. The van der Waals surface area contributed by atoms with Crippen molar-refractivity contribution in [2.24, 2.45) is 0 Å². The maximum absolute atomic E-state index is 12.6. The van der Waals surface area contributed by atoms with Crippen molar-refractivity contribution in [1.82, 2.24) is 0 Å². The Hall–Kier alpha value is -2.10. The molecule has 0 fully saturated rings. The summed E-state index contributed by atoms with van der Waals surface area (Å²) in [6.45, 7) is 13.6. The molecule has 0 atom stereocenters. The molecule has 1 rings (SSSR count). The summed E-state index contributed by atoms with van der Waals surface area (Å²) in [5.74, 6) is -0.823. The first kappa shape index (κ1) is 24.9.